The lowest BCUT2D eigenvalue weighted by atomic mass is 9.96. The van der Waals surface area contributed by atoms with Crippen LogP contribution in [-0.4, -0.2) is 4.57 Å². The van der Waals surface area contributed by atoms with Crippen LogP contribution in [0.5, 0.6) is 0 Å². The zero-order chi connectivity index (χ0) is 34.6. The Balaban J connectivity index is 1.19. The Morgan fingerprint density at radius 3 is 2.02 bits per heavy atom. The van der Waals surface area contributed by atoms with Crippen LogP contribution in [0.15, 0.2) is 186 Å². The summed E-state index contributed by atoms with van der Waals surface area (Å²) in [7, 11) is 0. The van der Waals surface area contributed by atoms with E-state index in [9.17, 15) is 0 Å². The second-order valence-corrected chi connectivity index (χ2v) is 14.1. The Labute approximate surface area is 305 Å². The molecule has 1 aliphatic carbocycles. The first-order chi connectivity index (χ1) is 26.3. The van der Waals surface area contributed by atoms with E-state index in [0.717, 1.165) is 44.7 Å². The fraction of sp³-hybridized carbons (Fsp3) is 0. The Morgan fingerprint density at radius 1 is 0.415 bits per heavy atom. The molecule has 53 heavy (non-hydrogen) atoms. The standard InChI is InChI=1S/C50H30N2O/c1-2-15-33(16-3-1)51-42-23-8-6-18-36(42)41-30-34(27-28-43(41)51)52(45-25-11-20-38-37-19-7-9-26-46(37)53-50(38)45)44-24-12-22-40-48(44)39-21-10-14-32-29-31-13-4-5-17-35(31)49(40)47(32)39/h1-30H. The molecule has 0 saturated heterocycles. The molecule has 0 fully saturated rings. The predicted molar refractivity (Wildman–Crippen MR) is 222 cm³/mol. The van der Waals surface area contributed by atoms with Gasteiger partial charge in [0.05, 0.1) is 22.4 Å². The van der Waals surface area contributed by atoms with Gasteiger partial charge in [-0.3, -0.25) is 0 Å². The van der Waals surface area contributed by atoms with Crippen molar-refractivity contribution >= 4 is 82.4 Å². The van der Waals surface area contributed by atoms with Gasteiger partial charge in [-0.2, -0.15) is 0 Å². The van der Waals surface area contributed by atoms with Crippen molar-refractivity contribution in [1.82, 2.24) is 4.57 Å². The Bertz CT molecular complexity index is 3290. The molecule has 11 aromatic rings. The second kappa shape index (κ2) is 10.7. The van der Waals surface area contributed by atoms with E-state index >= 15 is 0 Å². The van der Waals surface area contributed by atoms with Crippen LogP contribution in [-0.2, 0) is 0 Å². The third-order valence-corrected chi connectivity index (χ3v) is 11.3. The summed E-state index contributed by atoms with van der Waals surface area (Å²) < 4.78 is 9.15. The van der Waals surface area contributed by atoms with Crippen LogP contribution in [0.1, 0.15) is 0 Å². The number of rotatable bonds is 4. The van der Waals surface area contributed by atoms with Gasteiger partial charge < -0.3 is 13.9 Å². The van der Waals surface area contributed by atoms with E-state index in [-0.39, 0.29) is 0 Å². The fourth-order valence-corrected chi connectivity index (χ4v) is 9.10. The smallest absolute Gasteiger partial charge is 0.159 e. The SMILES string of the molecule is c1ccc(-n2c3ccccc3c3cc(N(c4cccc5c4-c4cccc6cc7ccccc7c-5c46)c4cccc5c4oc4ccccc45)ccc32)cc1. The lowest BCUT2D eigenvalue weighted by Gasteiger charge is -2.28. The normalized spacial score (nSPS) is 12.2. The van der Waals surface area contributed by atoms with Crippen LogP contribution in [0.25, 0.3) is 93.2 Å². The van der Waals surface area contributed by atoms with Gasteiger partial charge in [0.2, 0.25) is 0 Å². The van der Waals surface area contributed by atoms with E-state index in [1.54, 1.807) is 0 Å². The molecule has 0 aliphatic heterocycles. The van der Waals surface area contributed by atoms with Crippen LogP contribution in [0, 0.1) is 0 Å². The summed E-state index contributed by atoms with van der Waals surface area (Å²) in [5.74, 6) is 0. The molecule has 0 radical (unpaired) electrons. The van der Waals surface area contributed by atoms with Crippen molar-refractivity contribution in [1.29, 1.82) is 0 Å². The summed E-state index contributed by atoms with van der Waals surface area (Å²) in [4.78, 5) is 2.44. The van der Waals surface area contributed by atoms with Crippen molar-refractivity contribution in [2.24, 2.45) is 0 Å². The number of hydrogen-bond acceptors (Lipinski definition) is 2. The monoisotopic (exact) mass is 674 g/mol. The summed E-state index contributed by atoms with van der Waals surface area (Å²) in [6.07, 6.45) is 0. The molecule has 0 atom stereocenters. The largest absolute Gasteiger partial charge is 0.454 e. The highest BCUT2D eigenvalue weighted by molar-refractivity contribution is 6.26. The molecule has 3 heteroatoms. The molecule has 9 aromatic carbocycles. The molecule has 2 heterocycles. The number of benzene rings is 9. The average Bonchev–Trinajstić information content (AvgIpc) is 3.88. The molecule has 0 N–H and O–H groups in total. The number of para-hydroxylation sites is 4. The van der Waals surface area contributed by atoms with Crippen molar-refractivity contribution in [3.63, 3.8) is 0 Å². The first kappa shape index (κ1) is 28.6. The van der Waals surface area contributed by atoms with Crippen molar-refractivity contribution in [3.05, 3.63) is 182 Å². The number of hydrogen-bond donors (Lipinski definition) is 0. The first-order valence-electron chi connectivity index (χ1n) is 18.2. The van der Waals surface area contributed by atoms with E-state index in [1.807, 2.05) is 6.07 Å². The van der Waals surface area contributed by atoms with Crippen LogP contribution < -0.4 is 4.90 Å². The van der Waals surface area contributed by atoms with Gasteiger partial charge in [0.25, 0.3) is 0 Å². The Kier molecular flexibility index (Phi) is 5.77. The van der Waals surface area contributed by atoms with Crippen LogP contribution in [0.4, 0.5) is 17.1 Å². The van der Waals surface area contributed by atoms with Gasteiger partial charge in [-0.15, -0.1) is 0 Å². The first-order valence-corrected chi connectivity index (χ1v) is 18.2. The number of fused-ring (bicyclic) bond motifs is 11. The van der Waals surface area contributed by atoms with Crippen LogP contribution in [0.2, 0.25) is 0 Å². The number of anilines is 3. The van der Waals surface area contributed by atoms with E-state index in [0.29, 0.717) is 0 Å². The van der Waals surface area contributed by atoms with E-state index in [2.05, 4.69) is 185 Å². The lowest BCUT2D eigenvalue weighted by Crippen LogP contribution is -2.11. The third kappa shape index (κ3) is 3.94. The molecule has 0 spiro atoms. The van der Waals surface area contributed by atoms with Gasteiger partial charge in [0.1, 0.15) is 5.58 Å². The second-order valence-electron chi connectivity index (χ2n) is 14.1. The van der Waals surface area contributed by atoms with E-state index < -0.39 is 0 Å². The summed E-state index contributed by atoms with van der Waals surface area (Å²) in [5, 5.41) is 9.77. The molecule has 12 rings (SSSR count). The number of aromatic nitrogens is 1. The van der Waals surface area contributed by atoms with Gasteiger partial charge in [-0.25, -0.2) is 0 Å². The van der Waals surface area contributed by atoms with E-state index in [4.69, 9.17) is 4.42 Å². The minimum absolute atomic E-state index is 0.872. The molecule has 0 saturated carbocycles. The highest BCUT2D eigenvalue weighted by Crippen LogP contribution is 2.56. The third-order valence-electron chi connectivity index (χ3n) is 11.3. The molecule has 1 aliphatic rings. The van der Waals surface area contributed by atoms with Gasteiger partial charge in [-0.05, 0) is 98.9 Å². The minimum atomic E-state index is 0.872. The fourth-order valence-electron chi connectivity index (χ4n) is 9.10. The van der Waals surface area contributed by atoms with Crippen LogP contribution in [0.3, 0.4) is 0 Å². The minimum Gasteiger partial charge on any atom is -0.454 e. The van der Waals surface area contributed by atoms with Crippen molar-refractivity contribution < 1.29 is 4.42 Å². The van der Waals surface area contributed by atoms with Crippen molar-refractivity contribution in [2.75, 3.05) is 4.90 Å². The zero-order valence-corrected chi connectivity index (χ0v) is 28.6. The quantitative estimate of drug-likeness (QED) is 0.173. The molecular formula is C50H30N2O. The molecule has 0 bridgehead atoms. The van der Waals surface area contributed by atoms with Gasteiger partial charge in [0.15, 0.2) is 5.58 Å². The summed E-state index contributed by atoms with van der Waals surface area (Å²) >= 11 is 0. The molecule has 0 unspecified atom stereocenters. The maximum absolute atomic E-state index is 6.78. The molecule has 0 amide bonds. The van der Waals surface area contributed by atoms with Gasteiger partial charge in [-0.1, -0.05) is 121 Å². The highest BCUT2D eigenvalue weighted by atomic mass is 16.3. The van der Waals surface area contributed by atoms with Gasteiger partial charge in [0, 0.05) is 38.5 Å². The summed E-state index contributed by atoms with van der Waals surface area (Å²) in [6.45, 7) is 0. The number of furan rings is 1. The maximum atomic E-state index is 6.78. The van der Waals surface area contributed by atoms with Crippen molar-refractivity contribution in [2.45, 2.75) is 0 Å². The zero-order valence-electron chi connectivity index (χ0n) is 28.6. The Morgan fingerprint density at radius 2 is 1.09 bits per heavy atom. The van der Waals surface area contributed by atoms with Crippen molar-refractivity contribution in [3.8, 4) is 27.9 Å². The summed E-state index contributed by atoms with van der Waals surface area (Å²) in [6, 6.07) is 65.9. The van der Waals surface area contributed by atoms with E-state index in [1.165, 1.54) is 65.6 Å². The maximum Gasteiger partial charge on any atom is 0.159 e. The highest BCUT2D eigenvalue weighted by Gasteiger charge is 2.30. The predicted octanol–water partition coefficient (Wildman–Crippen LogP) is 14.1. The van der Waals surface area contributed by atoms with Gasteiger partial charge >= 0.3 is 0 Å². The van der Waals surface area contributed by atoms with Crippen LogP contribution >= 0.6 is 0 Å². The Hall–Kier alpha value is -7.10. The molecule has 3 nitrogen and oxygen atoms in total. The lowest BCUT2D eigenvalue weighted by molar-refractivity contribution is 0.669. The molecule has 2 aromatic heterocycles. The average molecular weight is 675 g/mol. The molecule has 246 valence electrons. The topological polar surface area (TPSA) is 21.3 Å². The molecular weight excluding hydrogens is 645 g/mol. The summed E-state index contributed by atoms with van der Waals surface area (Å²) in [5.41, 5.74) is 13.5. The number of nitrogens with zero attached hydrogens (tertiary/aromatic N) is 2.